The van der Waals surface area contributed by atoms with Crippen molar-refractivity contribution in [3.05, 3.63) is 29.6 Å². The molecule has 0 aliphatic heterocycles. The third-order valence-electron chi connectivity index (χ3n) is 4.03. The molecule has 0 spiro atoms. The number of ether oxygens (including phenoxy) is 1. The van der Waals surface area contributed by atoms with E-state index in [0.29, 0.717) is 12.0 Å². The van der Waals surface area contributed by atoms with Crippen molar-refractivity contribution in [3.63, 3.8) is 0 Å². The minimum Gasteiger partial charge on any atom is -0.494 e. The highest BCUT2D eigenvalue weighted by atomic mass is 19.1. The zero-order valence-electron chi connectivity index (χ0n) is 11.5. The molecule has 0 heterocycles. The average Bonchev–Trinajstić information content (AvgIpc) is 2.86. The summed E-state index contributed by atoms with van der Waals surface area (Å²) in [7, 11) is 1.47. The fourth-order valence-electron chi connectivity index (χ4n) is 2.84. The minimum absolute atomic E-state index is 0.117. The van der Waals surface area contributed by atoms with Crippen molar-refractivity contribution in [2.75, 3.05) is 13.7 Å². The van der Waals surface area contributed by atoms with Gasteiger partial charge in [0.1, 0.15) is 0 Å². The number of aliphatic hydroxyl groups is 1. The van der Waals surface area contributed by atoms with Crippen LogP contribution in [0.25, 0.3) is 0 Å². The molecule has 3 nitrogen and oxygen atoms in total. The lowest BCUT2D eigenvalue weighted by Crippen LogP contribution is -2.35. The molecule has 1 saturated carbocycles. The first-order chi connectivity index (χ1) is 9.15. The van der Waals surface area contributed by atoms with Crippen molar-refractivity contribution in [3.8, 4) is 5.75 Å². The molecule has 0 aromatic heterocycles. The van der Waals surface area contributed by atoms with Gasteiger partial charge in [0.25, 0.3) is 0 Å². The van der Waals surface area contributed by atoms with Crippen molar-refractivity contribution in [2.45, 2.75) is 38.3 Å². The van der Waals surface area contributed by atoms with Gasteiger partial charge in [0.15, 0.2) is 11.6 Å². The maximum absolute atomic E-state index is 13.4. The summed E-state index contributed by atoms with van der Waals surface area (Å²) < 4.78 is 18.4. The molecule has 1 aliphatic rings. The van der Waals surface area contributed by atoms with E-state index in [2.05, 4.69) is 12.2 Å². The zero-order valence-corrected chi connectivity index (χ0v) is 11.5. The first-order valence-corrected chi connectivity index (χ1v) is 6.86. The first kappa shape index (κ1) is 14.3. The summed E-state index contributed by atoms with van der Waals surface area (Å²) in [5, 5.41) is 12.9. The molecule has 0 bridgehead atoms. The molecular weight excluding hydrogens is 245 g/mol. The van der Waals surface area contributed by atoms with Gasteiger partial charge in [0.05, 0.1) is 7.11 Å². The Morgan fingerprint density at radius 2 is 2.26 bits per heavy atom. The minimum atomic E-state index is -0.340. The summed E-state index contributed by atoms with van der Waals surface area (Å²) in [6.07, 6.45) is 3.32. The molecule has 19 heavy (non-hydrogen) atoms. The van der Waals surface area contributed by atoms with E-state index in [1.54, 1.807) is 12.1 Å². The maximum Gasteiger partial charge on any atom is 0.165 e. The van der Waals surface area contributed by atoms with Crippen molar-refractivity contribution >= 4 is 0 Å². The van der Waals surface area contributed by atoms with Crippen LogP contribution in [0.1, 0.15) is 37.8 Å². The van der Waals surface area contributed by atoms with Gasteiger partial charge in [-0.05, 0) is 43.4 Å². The van der Waals surface area contributed by atoms with E-state index in [1.807, 2.05) is 0 Å². The summed E-state index contributed by atoms with van der Waals surface area (Å²) in [4.78, 5) is 0. The number of hydrogen-bond donors (Lipinski definition) is 2. The molecule has 4 heteroatoms. The van der Waals surface area contributed by atoms with E-state index in [4.69, 9.17) is 4.74 Å². The number of benzene rings is 1. The fourth-order valence-corrected chi connectivity index (χ4v) is 2.84. The highest BCUT2D eigenvalue weighted by molar-refractivity contribution is 5.32. The smallest absolute Gasteiger partial charge is 0.165 e. The molecular formula is C15H22FNO2. The Morgan fingerprint density at radius 3 is 2.95 bits per heavy atom. The van der Waals surface area contributed by atoms with Gasteiger partial charge < -0.3 is 15.2 Å². The van der Waals surface area contributed by atoms with Crippen molar-refractivity contribution in [1.82, 2.24) is 5.32 Å². The van der Waals surface area contributed by atoms with Crippen molar-refractivity contribution in [1.29, 1.82) is 0 Å². The molecule has 0 radical (unpaired) electrons. The van der Waals surface area contributed by atoms with E-state index in [1.165, 1.54) is 13.2 Å². The first-order valence-electron chi connectivity index (χ1n) is 6.86. The third kappa shape index (κ3) is 3.25. The second-order valence-corrected chi connectivity index (χ2v) is 5.26. The lowest BCUT2D eigenvalue weighted by Gasteiger charge is -2.24. The van der Waals surface area contributed by atoms with Crippen LogP contribution in [0.3, 0.4) is 0 Å². The van der Waals surface area contributed by atoms with Gasteiger partial charge in [-0.15, -0.1) is 0 Å². The van der Waals surface area contributed by atoms with Crippen LogP contribution in [0.15, 0.2) is 18.2 Å². The van der Waals surface area contributed by atoms with E-state index in [9.17, 15) is 9.50 Å². The maximum atomic E-state index is 13.4. The van der Waals surface area contributed by atoms with E-state index >= 15 is 0 Å². The van der Waals surface area contributed by atoms with Gasteiger partial charge in [0, 0.05) is 18.7 Å². The zero-order chi connectivity index (χ0) is 13.8. The van der Waals surface area contributed by atoms with Crippen LogP contribution in [-0.2, 0) is 0 Å². The van der Waals surface area contributed by atoms with E-state index in [0.717, 1.165) is 24.8 Å². The quantitative estimate of drug-likeness (QED) is 0.861. The normalized spacial score (nSPS) is 24.4. The van der Waals surface area contributed by atoms with Gasteiger partial charge in [-0.25, -0.2) is 4.39 Å². The van der Waals surface area contributed by atoms with Crippen LogP contribution in [0.5, 0.6) is 5.75 Å². The second-order valence-electron chi connectivity index (χ2n) is 5.26. The monoisotopic (exact) mass is 267 g/mol. The van der Waals surface area contributed by atoms with Crippen molar-refractivity contribution < 1.29 is 14.2 Å². The summed E-state index contributed by atoms with van der Waals surface area (Å²) in [5.74, 6) is 0.272. The Labute approximate surface area is 113 Å². The van der Waals surface area contributed by atoms with Gasteiger partial charge in [-0.1, -0.05) is 12.5 Å². The molecule has 3 unspecified atom stereocenters. The third-order valence-corrected chi connectivity index (χ3v) is 4.03. The Bertz CT molecular complexity index is 425. The number of methoxy groups -OCH3 is 1. The summed E-state index contributed by atoms with van der Waals surface area (Å²) in [6.45, 7) is 2.29. The standard InChI is InChI=1S/C15H22FNO2/c1-10(17-14-5-3-4-12(14)9-18)11-6-7-13(16)15(8-11)19-2/h6-8,10,12,14,17-18H,3-5,9H2,1-2H3. The van der Waals surface area contributed by atoms with E-state index in [-0.39, 0.29) is 24.2 Å². The van der Waals surface area contributed by atoms with Gasteiger partial charge >= 0.3 is 0 Å². The van der Waals surface area contributed by atoms with Crippen molar-refractivity contribution in [2.24, 2.45) is 5.92 Å². The van der Waals surface area contributed by atoms with Crippen LogP contribution >= 0.6 is 0 Å². The number of hydrogen-bond acceptors (Lipinski definition) is 3. The second kappa shape index (κ2) is 6.35. The molecule has 1 aromatic carbocycles. The highest BCUT2D eigenvalue weighted by Crippen LogP contribution is 2.28. The van der Waals surface area contributed by atoms with Crippen LogP contribution in [0.4, 0.5) is 4.39 Å². The molecule has 3 atom stereocenters. The average molecular weight is 267 g/mol. The Balaban J connectivity index is 2.05. The number of halogens is 1. The number of aliphatic hydroxyl groups excluding tert-OH is 1. The Hall–Kier alpha value is -1.13. The van der Waals surface area contributed by atoms with Crippen LogP contribution in [-0.4, -0.2) is 24.9 Å². The lowest BCUT2D eigenvalue weighted by molar-refractivity contribution is 0.200. The summed E-state index contributed by atoms with van der Waals surface area (Å²) in [6, 6.07) is 5.40. The molecule has 2 rings (SSSR count). The highest BCUT2D eigenvalue weighted by Gasteiger charge is 2.27. The molecule has 1 aliphatic carbocycles. The predicted molar refractivity (Wildman–Crippen MR) is 72.7 cm³/mol. The number of rotatable bonds is 5. The largest absolute Gasteiger partial charge is 0.494 e. The molecule has 0 saturated heterocycles. The molecule has 1 aromatic rings. The van der Waals surface area contributed by atoms with Gasteiger partial charge in [-0.3, -0.25) is 0 Å². The van der Waals surface area contributed by atoms with Crippen LogP contribution in [0, 0.1) is 11.7 Å². The molecule has 1 fully saturated rings. The fraction of sp³-hybridized carbons (Fsp3) is 0.600. The van der Waals surface area contributed by atoms with Crippen LogP contribution in [0.2, 0.25) is 0 Å². The summed E-state index contributed by atoms with van der Waals surface area (Å²) >= 11 is 0. The van der Waals surface area contributed by atoms with Gasteiger partial charge in [0.2, 0.25) is 0 Å². The molecule has 2 N–H and O–H groups in total. The summed E-state index contributed by atoms with van der Waals surface area (Å²) in [5.41, 5.74) is 1.00. The SMILES string of the molecule is COc1cc(C(C)NC2CCCC2CO)ccc1F. The molecule has 106 valence electrons. The topological polar surface area (TPSA) is 41.5 Å². The number of nitrogens with one attached hydrogen (secondary N) is 1. The predicted octanol–water partition coefficient (Wildman–Crippen LogP) is 2.65. The lowest BCUT2D eigenvalue weighted by atomic mass is 10.0. The Kier molecular flexibility index (Phi) is 4.77. The Morgan fingerprint density at radius 1 is 1.47 bits per heavy atom. The molecule has 0 amide bonds. The van der Waals surface area contributed by atoms with E-state index < -0.39 is 0 Å². The van der Waals surface area contributed by atoms with Gasteiger partial charge in [-0.2, -0.15) is 0 Å². The van der Waals surface area contributed by atoms with Crippen LogP contribution < -0.4 is 10.1 Å².